The molecule has 6 heteroatoms. The van der Waals surface area contributed by atoms with E-state index in [1.807, 2.05) is 6.92 Å². The first-order chi connectivity index (χ1) is 10.0. The average Bonchev–Trinajstić information content (AvgIpc) is 2.82. The molecular formula is C15H26N2O4. The van der Waals surface area contributed by atoms with Gasteiger partial charge in [-0.25, -0.2) is 0 Å². The van der Waals surface area contributed by atoms with Crippen LogP contribution in [-0.2, 0) is 14.4 Å². The van der Waals surface area contributed by atoms with Gasteiger partial charge in [-0.05, 0) is 19.8 Å². The number of nitrogens with zero attached hydrogens (tertiary/aromatic N) is 1. The first kappa shape index (κ1) is 17.5. The molecule has 21 heavy (non-hydrogen) atoms. The third kappa shape index (κ3) is 6.60. The van der Waals surface area contributed by atoms with Gasteiger partial charge < -0.3 is 15.3 Å². The van der Waals surface area contributed by atoms with E-state index < -0.39 is 5.97 Å². The number of nitrogens with one attached hydrogen (secondary N) is 1. The molecule has 1 fully saturated rings. The third-order valence-corrected chi connectivity index (χ3v) is 3.83. The molecule has 1 unspecified atom stereocenters. The zero-order valence-corrected chi connectivity index (χ0v) is 12.8. The van der Waals surface area contributed by atoms with E-state index in [0.717, 1.165) is 32.1 Å². The number of carbonyl (C=O) groups is 3. The fourth-order valence-corrected chi connectivity index (χ4v) is 2.54. The van der Waals surface area contributed by atoms with Crippen LogP contribution in [0.15, 0.2) is 0 Å². The number of carboxylic acid groups (broad SMARTS) is 1. The lowest BCUT2D eigenvalue weighted by Gasteiger charge is -2.13. The minimum Gasteiger partial charge on any atom is -0.481 e. The van der Waals surface area contributed by atoms with E-state index >= 15 is 0 Å². The molecule has 1 aliphatic heterocycles. The van der Waals surface area contributed by atoms with Gasteiger partial charge in [0.1, 0.15) is 0 Å². The highest BCUT2D eigenvalue weighted by Crippen LogP contribution is 2.17. The van der Waals surface area contributed by atoms with E-state index in [-0.39, 0.29) is 24.2 Å². The zero-order chi connectivity index (χ0) is 15.7. The summed E-state index contributed by atoms with van der Waals surface area (Å²) in [5, 5.41) is 11.4. The van der Waals surface area contributed by atoms with E-state index in [1.165, 1.54) is 0 Å². The van der Waals surface area contributed by atoms with Gasteiger partial charge in [0.2, 0.25) is 11.8 Å². The molecule has 0 aromatic carbocycles. The van der Waals surface area contributed by atoms with Gasteiger partial charge in [-0.3, -0.25) is 14.4 Å². The van der Waals surface area contributed by atoms with Crippen LogP contribution in [0.4, 0.5) is 0 Å². The van der Waals surface area contributed by atoms with Gasteiger partial charge in [-0.15, -0.1) is 0 Å². The number of aliphatic carboxylic acids is 1. The molecule has 1 atom stereocenters. The molecule has 2 N–H and O–H groups in total. The average molecular weight is 298 g/mol. The van der Waals surface area contributed by atoms with Gasteiger partial charge in [0, 0.05) is 32.5 Å². The van der Waals surface area contributed by atoms with Crippen molar-refractivity contribution in [3.05, 3.63) is 0 Å². The van der Waals surface area contributed by atoms with E-state index in [0.29, 0.717) is 26.1 Å². The molecule has 0 spiro atoms. The van der Waals surface area contributed by atoms with Gasteiger partial charge in [-0.1, -0.05) is 19.3 Å². The van der Waals surface area contributed by atoms with Crippen LogP contribution in [-0.4, -0.2) is 47.4 Å². The van der Waals surface area contributed by atoms with Crippen LogP contribution in [0, 0.1) is 5.92 Å². The third-order valence-electron chi connectivity index (χ3n) is 3.83. The Labute approximate surface area is 125 Å². The lowest BCUT2D eigenvalue weighted by Crippen LogP contribution is -2.33. The first-order valence-electron chi connectivity index (χ1n) is 7.81. The number of carboxylic acids is 1. The van der Waals surface area contributed by atoms with Crippen molar-refractivity contribution in [1.82, 2.24) is 10.2 Å². The van der Waals surface area contributed by atoms with Gasteiger partial charge in [0.15, 0.2) is 0 Å². The summed E-state index contributed by atoms with van der Waals surface area (Å²) in [4.78, 5) is 35.5. The van der Waals surface area contributed by atoms with Crippen molar-refractivity contribution in [1.29, 1.82) is 0 Å². The first-order valence-corrected chi connectivity index (χ1v) is 7.81. The highest BCUT2D eigenvalue weighted by Gasteiger charge is 2.32. The van der Waals surface area contributed by atoms with E-state index in [4.69, 9.17) is 5.11 Å². The Hall–Kier alpha value is -1.59. The number of likely N-dealkylation sites (tertiary alicyclic amines) is 1. The summed E-state index contributed by atoms with van der Waals surface area (Å²) in [6, 6.07) is 0. The fraction of sp³-hybridized carbons (Fsp3) is 0.800. The minimum absolute atomic E-state index is 0.0230. The van der Waals surface area contributed by atoms with Crippen LogP contribution in [0.5, 0.6) is 0 Å². The standard InChI is InChI=1S/C15H26N2O4/c1-2-17-11-12(10-13(17)18)15(21)16-9-7-5-3-4-6-8-14(19)20/h12H,2-11H2,1H3,(H,16,21)(H,19,20). The Balaban J connectivity index is 2.02. The Kier molecular flexibility index (Phi) is 7.79. The molecule has 2 amide bonds. The van der Waals surface area contributed by atoms with Crippen LogP contribution in [0.1, 0.15) is 51.9 Å². The molecule has 0 radical (unpaired) electrons. The van der Waals surface area contributed by atoms with Crippen molar-refractivity contribution in [3.63, 3.8) is 0 Å². The van der Waals surface area contributed by atoms with Crippen LogP contribution in [0.3, 0.4) is 0 Å². The van der Waals surface area contributed by atoms with Crippen LogP contribution in [0.2, 0.25) is 0 Å². The number of hydrogen-bond donors (Lipinski definition) is 2. The van der Waals surface area contributed by atoms with Crippen molar-refractivity contribution in [2.24, 2.45) is 5.92 Å². The number of rotatable bonds is 10. The second kappa shape index (κ2) is 9.37. The molecule has 0 aromatic rings. The Morgan fingerprint density at radius 2 is 1.90 bits per heavy atom. The lowest BCUT2D eigenvalue weighted by molar-refractivity contribution is -0.137. The van der Waals surface area contributed by atoms with E-state index in [2.05, 4.69) is 5.32 Å². The van der Waals surface area contributed by atoms with Gasteiger partial charge in [0.25, 0.3) is 0 Å². The molecule has 0 aliphatic carbocycles. The summed E-state index contributed by atoms with van der Waals surface area (Å²) in [6.07, 6.45) is 5.09. The lowest BCUT2D eigenvalue weighted by atomic mass is 10.1. The summed E-state index contributed by atoms with van der Waals surface area (Å²) < 4.78 is 0. The van der Waals surface area contributed by atoms with Gasteiger partial charge in [-0.2, -0.15) is 0 Å². The van der Waals surface area contributed by atoms with E-state index in [9.17, 15) is 14.4 Å². The molecule has 120 valence electrons. The molecule has 1 heterocycles. The Morgan fingerprint density at radius 3 is 2.52 bits per heavy atom. The maximum atomic E-state index is 11.9. The predicted molar refractivity (Wildman–Crippen MR) is 78.7 cm³/mol. The maximum Gasteiger partial charge on any atom is 0.303 e. The molecule has 1 saturated heterocycles. The minimum atomic E-state index is -0.741. The van der Waals surface area contributed by atoms with Gasteiger partial charge in [0.05, 0.1) is 5.92 Å². The summed E-state index contributed by atoms with van der Waals surface area (Å²) in [6.45, 7) is 3.76. The Morgan fingerprint density at radius 1 is 1.24 bits per heavy atom. The van der Waals surface area contributed by atoms with Gasteiger partial charge >= 0.3 is 5.97 Å². The van der Waals surface area contributed by atoms with Crippen molar-refractivity contribution >= 4 is 17.8 Å². The second-order valence-electron chi connectivity index (χ2n) is 5.54. The van der Waals surface area contributed by atoms with Crippen molar-refractivity contribution < 1.29 is 19.5 Å². The number of hydrogen-bond acceptors (Lipinski definition) is 3. The molecule has 0 saturated carbocycles. The molecule has 1 rings (SSSR count). The molecule has 0 aromatic heterocycles. The van der Waals surface area contributed by atoms with Crippen LogP contribution >= 0.6 is 0 Å². The van der Waals surface area contributed by atoms with Crippen molar-refractivity contribution in [3.8, 4) is 0 Å². The van der Waals surface area contributed by atoms with Crippen LogP contribution < -0.4 is 5.32 Å². The number of carbonyl (C=O) groups excluding carboxylic acids is 2. The van der Waals surface area contributed by atoms with Crippen molar-refractivity contribution in [2.45, 2.75) is 51.9 Å². The SMILES string of the molecule is CCN1CC(C(=O)NCCCCCCCC(=O)O)CC1=O. The Bertz CT molecular complexity index is 371. The molecule has 0 bridgehead atoms. The summed E-state index contributed by atoms with van der Waals surface area (Å²) in [5.41, 5.74) is 0. The number of amides is 2. The topological polar surface area (TPSA) is 86.7 Å². The second-order valence-corrected chi connectivity index (χ2v) is 5.54. The van der Waals surface area contributed by atoms with E-state index in [1.54, 1.807) is 4.90 Å². The fourth-order valence-electron chi connectivity index (χ4n) is 2.54. The summed E-state index contributed by atoms with van der Waals surface area (Å²) >= 11 is 0. The zero-order valence-electron chi connectivity index (χ0n) is 12.8. The highest BCUT2D eigenvalue weighted by molar-refractivity contribution is 5.89. The normalized spacial score (nSPS) is 18.0. The predicted octanol–water partition coefficient (Wildman–Crippen LogP) is 1.40. The maximum absolute atomic E-state index is 11.9. The smallest absolute Gasteiger partial charge is 0.303 e. The molecular weight excluding hydrogens is 272 g/mol. The highest BCUT2D eigenvalue weighted by atomic mass is 16.4. The number of unbranched alkanes of at least 4 members (excludes halogenated alkanes) is 4. The van der Waals surface area contributed by atoms with Crippen LogP contribution in [0.25, 0.3) is 0 Å². The quantitative estimate of drug-likeness (QED) is 0.597. The largest absolute Gasteiger partial charge is 0.481 e. The molecule has 1 aliphatic rings. The van der Waals surface area contributed by atoms with Crippen molar-refractivity contribution in [2.75, 3.05) is 19.6 Å². The summed E-state index contributed by atoms with van der Waals surface area (Å²) in [5.74, 6) is -0.899. The molecule has 6 nitrogen and oxygen atoms in total. The summed E-state index contributed by atoms with van der Waals surface area (Å²) in [7, 11) is 0. The monoisotopic (exact) mass is 298 g/mol.